The summed E-state index contributed by atoms with van der Waals surface area (Å²) < 4.78 is 0. The van der Waals surface area contributed by atoms with E-state index in [2.05, 4.69) is 20.8 Å². The lowest BCUT2D eigenvalue weighted by Crippen LogP contribution is -2.26. The van der Waals surface area contributed by atoms with Crippen LogP contribution in [0.3, 0.4) is 0 Å². The number of benzene rings is 1. The number of aryl methyl sites for hydroxylation is 1. The van der Waals surface area contributed by atoms with Gasteiger partial charge < -0.3 is 5.11 Å². The fourth-order valence-electron chi connectivity index (χ4n) is 4.42. The number of thioether (sulfide) groups is 1. The van der Waals surface area contributed by atoms with Crippen LogP contribution >= 0.6 is 23.1 Å². The molecule has 2 heterocycles. The number of nitrogens with zero attached hydrogens (tertiary/aromatic N) is 2. The Balaban J connectivity index is 1.48. The van der Waals surface area contributed by atoms with Crippen molar-refractivity contribution in [3.05, 3.63) is 51.7 Å². The zero-order valence-corrected chi connectivity index (χ0v) is 19.9. The van der Waals surface area contributed by atoms with Crippen LogP contribution in [0.15, 0.2) is 29.3 Å². The quantitative estimate of drug-likeness (QED) is 0.344. The Morgan fingerprint density at radius 1 is 1.16 bits per heavy atom. The van der Waals surface area contributed by atoms with E-state index in [4.69, 9.17) is 15.1 Å². The number of aromatic nitrogens is 2. The SMILES string of the molecule is CC(C)(C)[C@H]1CCc2c(sc3nc(C4CC4)nc(SCc4ccc(C(=O)O)cc4)c23)C1. The number of aromatic carboxylic acids is 1. The highest BCUT2D eigenvalue weighted by molar-refractivity contribution is 7.98. The van der Waals surface area contributed by atoms with Crippen molar-refractivity contribution in [3.63, 3.8) is 0 Å². The molecular weight excluding hydrogens is 424 g/mol. The van der Waals surface area contributed by atoms with Crippen molar-refractivity contribution in [2.75, 3.05) is 0 Å². The summed E-state index contributed by atoms with van der Waals surface area (Å²) in [4.78, 5) is 23.8. The lowest BCUT2D eigenvalue weighted by Gasteiger charge is -2.33. The average Bonchev–Trinajstić information content (AvgIpc) is 3.51. The molecule has 31 heavy (non-hydrogen) atoms. The number of fused-ring (bicyclic) bond motifs is 3. The summed E-state index contributed by atoms with van der Waals surface area (Å²) in [7, 11) is 0. The number of carbonyl (C=O) groups is 1. The van der Waals surface area contributed by atoms with Gasteiger partial charge in [-0.05, 0) is 66.7 Å². The molecule has 162 valence electrons. The average molecular weight is 453 g/mol. The largest absolute Gasteiger partial charge is 0.478 e. The molecular formula is C25H28N2O2S2. The summed E-state index contributed by atoms with van der Waals surface area (Å²) in [6, 6.07) is 7.19. The van der Waals surface area contributed by atoms with Crippen LogP contribution in [0.5, 0.6) is 0 Å². The van der Waals surface area contributed by atoms with Gasteiger partial charge in [0.05, 0.1) is 5.56 Å². The molecule has 1 fully saturated rings. The van der Waals surface area contributed by atoms with Gasteiger partial charge >= 0.3 is 5.97 Å². The molecule has 2 aliphatic carbocycles. The van der Waals surface area contributed by atoms with Crippen molar-refractivity contribution in [2.24, 2.45) is 11.3 Å². The van der Waals surface area contributed by atoms with Crippen molar-refractivity contribution in [3.8, 4) is 0 Å². The van der Waals surface area contributed by atoms with E-state index in [1.807, 2.05) is 23.5 Å². The zero-order valence-electron chi connectivity index (χ0n) is 18.3. The van der Waals surface area contributed by atoms with Gasteiger partial charge in [0.25, 0.3) is 0 Å². The Morgan fingerprint density at radius 2 is 1.90 bits per heavy atom. The van der Waals surface area contributed by atoms with Gasteiger partial charge in [0.2, 0.25) is 0 Å². The Bertz CT molecular complexity index is 1140. The van der Waals surface area contributed by atoms with Crippen molar-refractivity contribution in [2.45, 2.75) is 69.6 Å². The summed E-state index contributed by atoms with van der Waals surface area (Å²) in [5, 5.41) is 11.5. The minimum atomic E-state index is -0.885. The second-order valence-corrected chi connectivity index (χ2v) is 12.0. The number of carboxylic acid groups (broad SMARTS) is 1. The second-order valence-electron chi connectivity index (χ2n) is 9.94. The highest BCUT2D eigenvalue weighted by atomic mass is 32.2. The summed E-state index contributed by atoms with van der Waals surface area (Å²) >= 11 is 3.66. The van der Waals surface area contributed by atoms with E-state index in [1.165, 1.54) is 39.9 Å². The molecule has 2 aliphatic rings. The molecule has 1 aromatic carbocycles. The van der Waals surface area contributed by atoms with Crippen LogP contribution in [0, 0.1) is 11.3 Å². The first-order chi connectivity index (χ1) is 14.8. The molecule has 6 heteroatoms. The third-order valence-corrected chi connectivity index (χ3v) is 8.83. The molecule has 1 atom stereocenters. The summed E-state index contributed by atoms with van der Waals surface area (Å²) in [5.74, 6) is 2.16. The normalized spacial score (nSPS) is 18.9. The molecule has 0 aliphatic heterocycles. The van der Waals surface area contributed by atoms with E-state index in [1.54, 1.807) is 23.9 Å². The van der Waals surface area contributed by atoms with E-state index >= 15 is 0 Å². The van der Waals surface area contributed by atoms with Crippen LogP contribution in [0.25, 0.3) is 10.2 Å². The molecule has 0 saturated heterocycles. The topological polar surface area (TPSA) is 63.1 Å². The maximum Gasteiger partial charge on any atom is 0.335 e. The summed E-state index contributed by atoms with van der Waals surface area (Å²) in [6.07, 6.45) is 5.89. The Morgan fingerprint density at radius 3 is 2.55 bits per heavy atom. The highest BCUT2D eigenvalue weighted by Gasteiger charge is 2.33. The first-order valence-corrected chi connectivity index (χ1v) is 12.9. The van der Waals surface area contributed by atoms with Crippen LogP contribution < -0.4 is 0 Å². The predicted molar refractivity (Wildman–Crippen MR) is 127 cm³/mol. The summed E-state index contributed by atoms with van der Waals surface area (Å²) in [6.45, 7) is 7.08. The van der Waals surface area contributed by atoms with E-state index < -0.39 is 5.97 Å². The number of hydrogen-bond acceptors (Lipinski definition) is 5. The van der Waals surface area contributed by atoms with Gasteiger partial charge in [-0.3, -0.25) is 0 Å². The van der Waals surface area contributed by atoms with Crippen LogP contribution in [-0.2, 0) is 18.6 Å². The maximum atomic E-state index is 11.1. The van der Waals surface area contributed by atoms with Gasteiger partial charge in [0, 0.05) is 21.9 Å². The van der Waals surface area contributed by atoms with Crippen LogP contribution in [-0.4, -0.2) is 21.0 Å². The van der Waals surface area contributed by atoms with E-state index in [0.29, 0.717) is 22.8 Å². The molecule has 0 bridgehead atoms. The molecule has 1 saturated carbocycles. The standard InChI is InChI=1S/C25H28N2O2S2/c1-25(2,3)17-10-11-18-19(12-17)31-23-20(18)22(26-21(27-23)15-8-9-15)30-13-14-4-6-16(7-5-14)24(28)29/h4-7,15,17H,8-13H2,1-3H3,(H,28,29)/t17-/m0/s1. The second kappa shape index (κ2) is 7.89. The molecule has 2 aromatic heterocycles. The highest BCUT2D eigenvalue weighted by Crippen LogP contribution is 2.47. The number of rotatable bonds is 5. The molecule has 1 N–H and O–H groups in total. The van der Waals surface area contributed by atoms with Gasteiger partial charge in [-0.15, -0.1) is 23.1 Å². The van der Waals surface area contributed by atoms with E-state index in [-0.39, 0.29) is 0 Å². The molecule has 0 spiro atoms. The van der Waals surface area contributed by atoms with Crippen molar-refractivity contribution >= 4 is 39.3 Å². The van der Waals surface area contributed by atoms with Crippen molar-refractivity contribution < 1.29 is 9.90 Å². The minimum absolute atomic E-state index is 0.328. The van der Waals surface area contributed by atoms with Gasteiger partial charge in [-0.2, -0.15) is 0 Å². The third-order valence-electron chi connectivity index (χ3n) is 6.64. The molecule has 0 unspecified atom stereocenters. The van der Waals surface area contributed by atoms with Gasteiger partial charge in [0.1, 0.15) is 15.7 Å². The van der Waals surface area contributed by atoms with Crippen LogP contribution in [0.2, 0.25) is 0 Å². The molecule has 0 radical (unpaired) electrons. The van der Waals surface area contributed by atoms with Crippen molar-refractivity contribution in [1.82, 2.24) is 9.97 Å². The molecule has 4 nitrogen and oxygen atoms in total. The minimum Gasteiger partial charge on any atom is -0.478 e. The Kier molecular flexibility index (Phi) is 5.33. The Hall–Kier alpha value is -1.92. The molecule has 5 rings (SSSR count). The fourth-order valence-corrected chi connectivity index (χ4v) is 6.81. The first kappa shape index (κ1) is 21.0. The monoisotopic (exact) mass is 452 g/mol. The third kappa shape index (κ3) is 4.24. The number of carboxylic acids is 1. The first-order valence-electron chi connectivity index (χ1n) is 11.1. The van der Waals surface area contributed by atoms with E-state index in [0.717, 1.165) is 35.0 Å². The molecule has 0 amide bonds. The van der Waals surface area contributed by atoms with Crippen LogP contribution in [0.1, 0.15) is 78.1 Å². The smallest absolute Gasteiger partial charge is 0.335 e. The van der Waals surface area contributed by atoms with Gasteiger partial charge in [0.15, 0.2) is 0 Å². The Labute approximate surface area is 191 Å². The molecule has 3 aromatic rings. The van der Waals surface area contributed by atoms with E-state index in [9.17, 15) is 4.79 Å². The lowest BCUT2D eigenvalue weighted by atomic mass is 9.72. The van der Waals surface area contributed by atoms with Gasteiger partial charge in [-0.25, -0.2) is 14.8 Å². The maximum absolute atomic E-state index is 11.1. The zero-order chi connectivity index (χ0) is 21.8. The fraction of sp³-hybridized carbons (Fsp3) is 0.480. The van der Waals surface area contributed by atoms with Crippen molar-refractivity contribution in [1.29, 1.82) is 0 Å². The number of hydrogen-bond donors (Lipinski definition) is 1. The van der Waals surface area contributed by atoms with Gasteiger partial charge in [-0.1, -0.05) is 32.9 Å². The van der Waals surface area contributed by atoms with Crippen LogP contribution in [0.4, 0.5) is 0 Å². The lowest BCUT2D eigenvalue weighted by molar-refractivity contribution is 0.0697. The number of thiophene rings is 1. The predicted octanol–water partition coefficient (Wildman–Crippen LogP) is 6.71. The summed E-state index contributed by atoms with van der Waals surface area (Å²) in [5.41, 5.74) is 3.26.